The van der Waals surface area contributed by atoms with Gasteiger partial charge in [-0.25, -0.2) is 4.79 Å². The topological polar surface area (TPSA) is 140 Å². The fraction of sp³-hybridized carbons (Fsp3) is 0.368. The van der Waals surface area contributed by atoms with Gasteiger partial charge in [0.05, 0.1) is 42.5 Å². The minimum atomic E-state index is -1.74. The quantitative estimate of drug-likeness (QED) is 0.848. The van der Waals surface area contributed by atoms with E-state index in [0.717, 1.165) is 0 Å². The van der Waals surface area contributed by atoms with E-state index in [9.17, 15) is 20.6 Å². The maximum atomic E-state index is 12.2. The Kier molecular flexibility index (Phi) is 4.62. The van der Waals surface area contributed by atoms with E-state index in [0.29, 0.717) is 11.1 Å². The summed E-state index contributed by atoms with van der Waals surface area (Å²) >= 11 is 0. The van der Waals surface area contributed by atoms with E-state index in [-0.39, 0.29) is 31.0 Å². The van der Waals surface area contributed by atoms with E-state index >= 15 is 0 Å². The largest absolute Gasteiger partial charge is 0.472 e. The highest BCUT2D eigenvalue weighted by Gasteiger charge is 2.55. The molecule has 8 heteroatoms. The van der Waals surface area contributed by atoms with Crippen LogP contribution in [0.1, 0.15) is 18.4 Å². The lowest BCUT2D eigenvalue weighted by atomic mass is 9.58. The summed E-state index contributed by atoms with van der Waals surface area (Å²) < 4.78 is 10.2. The molecule has 0 aromatic carbocycles. The second-order valence-corrected chi connectivity index (χ2v) is 6.34. The molecule has 0 saturated heterocycles. The first-order valence-electron chi connectivity index (χ1n) is 8.41. The van der Waals surface area contributed by atoms with Gasteiger partial charge in [-0.1, -0.05) is 6.08 Å². The predicted molar refractivity (Wildman–Crippen MR) is 92.1 cm³/mol. The molecule has 8 nitrogen and oxygen atoms in total. The van der Waals surface area contributed by atoms with Crippen LogP contribution < -0.4 is 5.73 Å². The van der Waals surface area contributed by atoms with Crippen LogP contribution >= 0.6 is 0 Å². The Bertz CT molecular complexity index is 925. The number of nitrogens with zero attached hydrogens (tertiary/aromatic N) is 4. The Morgan fingerprint density at radius 2 is 2.19 bits per heavy atom. The van der Waals surface area contributed by atoms with Crippen LogP contribution in [0.4, 0.5) is 4.79 Å². The molecular weight excluding hydrogens is 346 g/mol. The average molecular weight is 363 g/mol. The average Bonchev–Trinajstić information content (AvgIpc) is 3.21. The van der Waals surface area contributed by atoms with Gasteiger partial charge in [0.2, 0.25) is 0 Å². The van der Waals surface area contributed by atoms with Gasteiger partial charge in [0.1, 0.15) is 6.07 Å². The van der Waals surface area contributed by atoms with Crippen molar-refractivity contribution < 1.29 is 13.9 Å². The molecule has 136 valence electrons. The first-order valence-corrected chi connectivity index (χ1v) is 8.41. The minimum Gasteiger partial charge on any atom is -0.472 e. The van der Waals surface area contributed by atoms with Crippen LogP contribution in [0.25, 0.3) is 0 Å². The molecule has 0 saturated carbocycles. The van der Waals surface area contributed by atoms with Gasteiger partial charge >= 0.3 is 6.09 Å². The van der Waals surface area contributed by atoms with Gasteiger partial charge in [0, 0.05) is 24.9 Å². The molecule has 0 unspecified atom stereocenters. The van der Waals surface area contributed by atoms with E-state index in [1.54, 1.807) is 19.1 Å². The van der Waals surface area contributed by atoms with Crippen LogP contribution in [0.2, 0.25) is 0 Å². The van der Waals surface area contributed by atoms with Gasteiger partial charge in [0.25, 0.3) is 0 Å². The number of carbonyl (C=O) groups is 1. The zero-order valence-corrected chi connectivity index (χ0v) is 14.7. The molecule has 0 spiro atoms. The number of hydrogen-bond donors (Lipinski definition) is 1. The number of allylic oxidation sites excluding steroid dienone is 2. The number of nitrogens with two attached hydrogens (primary N) is 1. The summed E-state index contributed by atoms with van der Waals surface area (Å²) in [5.41, 5.74) is 5.75. The van der Waals surface area contributed by atoms with Crippen molar-refractivity contribution >= 4 is 6.09 Å². The summed E-state index contributed by atoms with van der Waals surface area (Å²) in [6.07, 6.45) is 4.16. The molecule has 0 bridgehead atoms. The van der Waals surface area contributed by atoms with E-state index in [4.69, 9.17) is 14.9 Å². The number of furan rings is 1. The van der Waals surface area contributed by atoms with E-state index in [1.807, 2.05) is 18.2 Å². The van der Waals surface area contributed by atoms with Gasteiger partial charge in [-0.2, -0.15) is 15.8 Å². The molecular formula is C19H17N5O3. The maximum Gasteiger partial charge on any atom is 0.410 e. The highest BCUT2D eigenvalue weighted by atomic mass is 16.6. The number of ether oxygens (including phenoxy) is 1. The van der Waals surface area contributed by atoms with Crippen LogP contribution in [0.5, 0.6) is 0 Å². The Labute approximate surface area is 156 Å². The summed E-state index contributed by atoms with van der Waals surface area (Å²) in [5, 5.41) is 29.4. The molecule has 2 aliphatic rings. The van der Waals surface area contributed by atoms with Crippen molar-refractivity contribution in [2.24, 2.45) is 17.1 Å². The molecule has 1 aromatic heterocycles. The van der Waals surface area contributed by atoms with Crippen LogP contribution in [-0.4, -0.2) is 30.7 Å². The number of carbonyl (C=O) groups excluding carboxylic acids is 1. The van der Waals surface area contributed by atoms with Gasteiger partial charge < -0.3 is 19.8 Å². The van der Waals surface area contributed by atoms with Crippen molar-refractivity contribution in [3.63, 3.8) is 0 Å². The molecule has 1 aliphatic carbocycles. The fourth-order valence-corrected chi connectivity index (χ4v) is 3.87. The van der Waals surface area contributed by atoms with Crippen molar-refractivity contribution in [2.45, 2.75) is 12.8 Å². The number of amides is 1. The molecule has 27 heavy (non-hydrogen) atoms. The van der Waals surface area contributed by atoms with Gasteiger partial charge in [-0.15, -0.1) is 0 Å². The Morgan fingerprint density at radius 3 is 2.74 bits per heavy atom. The standard InChI is InChI=1S/C19H17N5O3/c1-2-27-18(25)24-5-3-13-14(7-20)17(23)19(10-21,11-22)16(15(13)8-24)12-4-6-26-9-12/h3-4,6,9,15-16H,2,5,8,23H2,1H3/t15-,16-/m1/s1. The van der Waals surface area contributed by atoms with Crippen LogP contribution in [0.15, 0.2) is 45.9 Å². The lowest BCUT2D eigenvalue weighted by Gasteiger charge is -2.44. The van der Waals surface area contributed by atoms with Gasteiger partial charge in [-0.05, 0) is 24.1 Å². The zero-order valence-electron chi connectivity index (χ0n) is 14.7. The Hall–Kier alpha value is -3.70. The lowest BCUT2D eigenvalue weighted by Crippen LogP contribution is -2.49. The molecule has 2 heterocycles. The summed E-state index contributed by atoms with van der Waals surface area (Å²) in [4.78, 5) is 13.7. The normalized spacial score (nSPS) is 23.3. The third kappa shape index (κ3) is 2.61. The van der Waals surface area contributed by atoms with E-state index < -0.39 is 23.3 Å². The molecule has 0 fully saturated rings. The van der Waals surface area contributed by atoms with Crippen LogP contribution in [0, 0.1) is 45.3 Å². The number of hydrogen-bond acceptors (Lipinski definition) is 7. The molecule has 1 amide bonds. The number of rotatable bonds is 2. The van der Waals surface area contributed by atoms with Crippen LogP contribution in [0.3, 0.4) is 0 Å². The predicted octanol–water partition coefficient (Wildman–Crippen LogP) is 2.16. The number of fused-ring (bicyclic) bond motifs is 1. The van der Waals surface area contributed by atoms with Crippen molar-refractivity contribution in [1.82, 2.24) is 4.90 Å². The van der Waals surface area contributed by atoms with Crippen molar-refractivity contribution in [2.75, 3.05) is 19.7 Å². The van der Waals surface area contributed by atoms with Crippen LogP contribution in [-0.2, 0) is 4.74 Å². The lowest BCUT2D eigenvalue weighted by molar-refractivity contribution is 0.0999. The highest BCUT2D eigenvalue weighted by molar-refractivity contribution is 5.69. The summed E-state index contributed by atoms with van der Waals surface area (Å²) in [6.45, 7) is 2.40. The molecule has 1 aromatic rings. The summed E-state index contributed by atoms with van der Waals surface area (Å²) in [6, 6.07) is 7.75. The van der Waals surface area contributed by atoms with Gasteiger partial charge in [-0.3, -0.25) is 0 Å². The van der Waals surface area contributed by atoms with Gasteiger partial charge in [0.15, 0.2) is 5.41 Å². The van der Waals surface area contributed by atoms with Crippen molar-refractivity contribution in [3.05, 3.63) is 47.1 Å². The van der Waals surface area contributed by atoms with Crippen molar-refractivity contribution in [1.29, 1.82) is 15.8 Å². The highest BCUT2D eigenvalue weighted by Crippen LogP contribution is 2.54. The number of nitriles is 3. The Balaban J connectivity index is 2.20. The first-order chi connectivity index (χ1) is 13.0. The molecule has 2 atom stereocenters. The zero-order chi connectivity index (χ0) is 19.6. The molecule has 2 N–H and O–H groups in total. The third-order valence-corrected chi connectivity index (χ3v) is 5.09. The monoisotopic (exact) mass is 363 g/mol. The SMILES string of the molecule is CCOC(=O)N1CC=C2C(C#N)=C(N)C(C#N)(C#N)[C@H](c3ccoc3)[C@@H]2C1. The smallest absolute Gasteiger partial charge is 0.410 e. The molecule has 3 rings (SSSR count). The summed E-state index contributed by atoms with van der Waals surface area (Å²) in [7, 11) is 0. The van der Waals surface area contributed by atoms with E-state index in [1.165, 1.54) is 17.4 Å². The summed E-state index contributed by atoms with van der Waals surface area (Å²) in [5.74, 6) is -1.16. The minimum absolute atomic E-state index is 0.0618. The fourth-order valence-electron chi connectivity index (χ4n) is 3.87. The van der Waals surface area contributed by atoms with E-state index in [2.05, 4.69) is 0 Å². The third-order valence-electron chi connectivity index (χ3n) is 5.09. The molecule has 0 radical (unpaired) electrons. The first kappa shape index (κ1) is 18.1. The second-order valence-electron chi connectivity index (χ2n) is 6.34. The second kappa shape index (κ2) is 6.90. The maximum absolute atomic E-state index is 12.2. The molecule has 1 aliphatic heterocycles. The Morgan fingerprint density at radius 1 is 1.44 bits per heavy atom. The van der Waals surface area contributed by atoms with Crippen molar-refractivity contribution in [3.8, 4) is 18.2 Å².